The van der Waals surface area contributed by atoms with Gasteiger partial charge in [-0.2, -0.15) is 0 Å². The molecule has 16 heavy (non-hydrogen) atoms. The number of hydrogen-bond donors (Lipinski definition) is 2. The van der Waals surface area contributed by atoms with Gasteiger partial charge in [0, 0.05) is 6.04 Å². The Morgan fingerprint density at radius 3 is 2.94 bits per heavy atom. The summed E-state index contributed by atoms with van der Waals surface area (Å²) in [6.45, 7) is 2.18. The van der Waals surface area contributed by atoms with Gasteiger partial charge in [-0.15, -0.1) is 0 Å². The molecule has 88 valence electrons. The first-order valence-electron chi connectivity index (χ1n) is 5.68. The summed E-state index contributed by atoms with van der Waals surface area (Å²) < 4.78 is 0.643. The Kier molecular flexibility index (Phi) is 3.83. The first-order chi connectivity index (χ1) is 7.68. The van der Waals surface area contributed by atoms with E-state index in [1.807, 2.05) is 22.6 Å². The minimum atomic E-state index is -0.0725. The van der Waals surface area contributed by atoms with E-state index in [0.29, 0.717) is 15.4 Å². The van der Waals surface area contributed by atoms with Gasteiger partial charge in [-0.3, -0.25) is 4.79 Å². The van der Waals surface area contributed by atoms with Crippen molar-refractivity contribution in [2.45, 2.75) is 38.6 Å². The van der Waals surface area contributed by atoms with Crippen molar-refractivity contribution in [3.05, 3.63) is 20.3 Å². The molecule has 5 heteroatoms. The number of hydrogen-bond acceptors (Lipinski definition) is 3. The summed E-state index contributed by atoms with van der Waals surface area (Å²) in [5.74, 6) is 1.43. The fourth-order valence-corrected chi connectivity index (χ4v) is 2.73. The fraction of sp³-hybridized carbons (Fsp3) is 0.636. The second-order valence-electron chi connectivity index (χ2n) is 4.37. The molecule has 0 spiro atoms. The standard InChI is InChI=1S/C11H16IN3O/c1-7(8-4-2-3-5-8)15-10-9(12)11(16)14-6-13-10/h6-8H,2-5H2,1H3,(H2,13,14,15,16). The van der Waals surface area contributed by atoms with Crippen molar-refractivity contribution >= 4 is 28.4 Å². The number of aromatic nitrogens is 2. The molecular formula is C11H16IN3O. The third-order valence-electron chi connectivity index (χ3n) is 3.27. The molecule has 0 radical (unpaired) electrons. The Balaban J connectivity index is 2.08. The Morgan fingerprint density at radius 1 is 1.56 bits per heavy atom. The smallest absolute Gasteiger partial charge is 0.266 e. The number of anilines is 1. The zero-order chi connectivity index (χ0) is 11.5. The quantitative estimate of drug-likeness (QED) is 0.835. The van der Waals surface area contributed by atoms with Crippen molar-refractivity contribution < 1.29 is 0 Å². The van der Waals surface area contributed by atoms with Crippen molar-refractivity contribution in [2.75, 3.05) is 5.32 Å². The molecule has 2 rings (SSSR count). The maximum Gasteiger partial charge on any atom is 0.266 e. The van der Waals surface area contributed by atoms with Gasteiger partial charge >= 0.3 is 0 Å². The molecule has 0 saturated heterocycles. The lowest BCUT2D eigenvalue weighted by Crippen LogP contribution is -2.26. The van der Waals surface area contributed by atoms with Crippen LogP contribution in [-0.4, -0.2) is 16.0 Å². The van der Waals surface area contributed by atoms with Gasteiger partial charge in [0.15, 0.2) is 0 Å². The zero-order valence-corrected chi connectivity index (χ0v) is 11.5. The molecule has 0 aromatic carbocycles. The number of nitrogens with one attached hydrogen (secondary N) is 2. The minimum absolute atomic E-state index is 0.0725. The van der Waals surface area contributed by atoms with E-state index in [1.54, 1.807) is 0 Å². The predicted octanol–water partition coefficient (Wildman–Crippen LogP) is 2.37. The Labute approximate surface area is 108 Å². The maximum atomic E-state index is 11.4. The summed E-state index contributed by atoms with van der Waals surface area (Å²) in [4.78, 5) is 18.1. The molecule has 1 fully saturated rings. The first-order valence-corrected chi connectivity index (χ1v) is 6.76. The van der Waals surface area contributed by atoms with Gasteiger partial charge < -0.3 is 10.3 Å². The highest BCUT2D eigenvalue weighted by molar-refractivity contribution is 14.1. The molecule has 1 aromatic heterocycles. The molecule has 1 aromatic rings. The summed E-state index contributed by atoms with van der Waals surface area (Å²) >= 11 is 2.03. The van der Waals surface area contributed by atoms with Crippen molar-refractivity contribution in [3.63, 3.8) is 0 Å². The zero-order valence-electron chi connectivity index (χ0n) is 9.29. The van der Waals surface area contributed by atoms with Crippen LogP contribution in [0.3, 0.4) is 0 Å². The Hall–Kier alpha value is -0.590. The Bertz CT molecular complexity index is 412. The highest BCUT2D eigenvalue weighted by Crippen LogP contribution is 2.29. The fourth-order valence-electron chi connectivity index (χ4n) is 2.27. The lowest BCUT2D eigenvalue weighted by Gasteiger charge is -2.21. The highest BCUT2D eigenvalue weighted by atomic mass is 127. The summed E-state index contributed by atoms with van der Waals surface area (Å²) in [7, 11) is 0. The van der Waals surface area contributed by atoms with Gasteiger partial charge in [-0.25, -0.2) is 4.98 Å². The molecule has 1 aliphatic rings. The summed E-state index contributed by atoms with van der Waals surface area (Å²) in [6, 6.07) is 0.394. The second kappa shape index (κ2) is 5.16. The minimum Gasteiger partial charge on any atom is -0.366 e. The highest BCUT2D eigenvalue weighted by Gasteiger charge is 2.22. The van der Waals surface area contributed by atoms with Crippen molar-refractivity contribution in [1.29, 1.82) is 0 Å². The number of aromatic amines is 1. The molecule has 1 unspecified atom stereocenters. The van der Waals surface area contributed by atoms with Gasteiger partial charge in [-0.05, 0) is 48.3 Å². The number of rotatable bonds is 3. The second-order valence-corrected chi connectivity index (χ2v) is 5.45. The van der Waals surface area contributed by atoms with Gasteiger partial charge in [0.05, 0.1) is 6.33 Å². The largest absolute Gasteiger partial charge is 0.366 e. The summed E-state index contributed by atoms with van der Waals surface area (Å²) in [6.07, 6.45) is 6.68. The molecule has 2 N–H and O–H groups in total. The monoisotopic (exact) mass is 333 g/mol. The summed E-state index contributed by atoms with van der Waals surface area (Å²) in [5, 5.41) is 3.35. The van der Waals surface area contributed by atoms with Crippen LogP contribution in [0.4, 0.5) is 5.82 Å². The van der Waals surface area contributed by atoms with Crippen LogP contribution >= 0.6 is 22.6 Å². The van der Waals surface area contributed by atoms with Crippen LogP contribution in [-0.2, 0) is 0 Å². The van der Waals surface area contributed by atoms with Crippen molar-refractivity contribution in [2.24, 2.45) is 5.92 Å². The van der Waals surface area contributed by atoms with E-state index >= 15 is 0 Å². The third-order valence-corrected chi connectivity index (χ3v) is 4.27. The van der Waals surface area contributed by atoms with Crippen molar-refractivity contribution in [1.82, 2.24) is 9.97 Å². The van der Waals surface area contributed by atoms with E-state index in [4.69, 9.17) is 0 Å². The number of H-pyrrole nitrogens is 1. The normalized spacial score (nSPS) is 18.6. The van der Waals surface area contributed by atoms with Crippen LogP contribution in [0.1, 0.15) is 32.6 Å². The first kappa shape index (κ1) is 11.9. The van der Waals surface area contributed by atoms with E-state index in [1.165, 1.54) is 32.0 Å². The Morgan fingerprint density at radius 2 is 2.25 bits per heavy atom. The summed E-state index contributed by atoms with van der Waals surface area (Å²) in [5.41, 5.74) is -0.0725. The van der Waals surface area contributed by atoms with Crippen LogP contribution in [0, 0.1) is 9.49 Å². The topological polar surface area (TPSA) is 57.8 Å². The predicted molar refractivity (Wildman–Crippen MR) is 72.6 cm³/mol. The van der Waals surface area contributed by atoms with Gasteiger partial charge in [-0.1, -0.05) is 12.8 Å². The lowest BCUT2D eigenvalue weighted by molar-refractivity contribution is 0.481. The molecule has 4 nitrogen and oxygen atoms in total. The van der Waals surface area contributed by atoms with Gasteiger partial charge in [0.2, 0.25) is 0 Å². The molecule has 1 atom stereocenters. The van der Waals surface area contributed by atoms with Crippen LogP contribution in [0.2, 0.25) is 0 Å². The number of halogens is 1. The SMILES string of the molecule is CC(Nc1nc[nH]c(=O)c1I)C1CCCC1. The molecule has 1 aliphatic carbocycles. The van der Waals surface area contributed by atoms with Crippen LogP contribution in [0.5, 0.6) is 0 Å². The van der Waals surface area contributed by atoms with E-state index in [-0.39, 0.29) is 5.56 Å². The average molecular weight is 333 g/mol. The number of nitrogens with zero attached hydrogens (tertiary/aromatic N) is 1. The molecule has 0 aliphatic heterocycles. The average Bonchev–Trinajstić information content (AvgIpc) is 2.78. The molecule has 1 heterocycles. The van der Waals surface area contributed by atoms with Gasteiger partial charge in [0.1, 0.15) is 9.39 Å². The van der Waals surface area contributed by atoms with E-state index in [2.05, 4.69) is 22.2 Å². The third kappa shape index (κ3) is 2.56. The van der Waals surface area contributed by atoms with Gasteiger partial charge in [0.25, 0.3) is 5.56 Å². The van der Waals surface area contributed by atoms with Crippen molar-refractivity contribution in [3.8, 4) is 0 Å². The van der Waals surface area contributed by atoms with Crippen LogP contribution in [0.25, 0.3) is 0 Å². The van der Waals surface area contributed by atoms with Crippen LogP contribution in [0.15, 0.2) is 11.1 Å². The molecular weight excluding hydrogens is 317 g/mol. The molecule has 0 bridgehead atoms. The van der Waals surface area contributed by atoms with E-state index in [0.717, 1.165) is 5.92 Å². The van der Waals surface area contributed by atoms with Crippen LogP contribution < -0.4 is 10.9 Å². The lowest BCUT2D eigenvalue weighted by atomic mass is 10.00. The molecule has 0 amide bonds. The van der Waals surface area contributed by atoms with E-state index in [9.17, 15) is 4.79 Å². The maximum absolute atomic E-state index is 11.4. The molecule has 1 saturated carbocycles. The van der Waals surface area contributed by atoms with E-state index < -0.39 is 0 Å².